The van der Waals surface area contributed by atoms with Gasteiger partial charge in [0.2, 0.25) is 0 Å². The van der Waals surface area contributed by atoms with Gasteiger partial charge in [0.1, 0.15) is 10.6 Å². The molecule has 0 radical (unpaired) electrons. The number of hydrogen-bond donors (Lipinski definition) is 2. The van der Waals surface area contributed by atoms with Crippen LogP contribution in [0.15, 0.2) is 83.3 Å². The Labute approximate surface area is 181 Å². The number of benzene rings is 3. The highest BCUT2D eigenvalue weighted by Gasteiger charge is 2.13. The largest absolute Gasteiger partial charge is 0.451 e. The van der Waals surface area contributed by atoms with Gasteiger partial charge in [-0.3, -0.25) is 10.1 Å². The number of thiocarbonyl (C=S) groups is 1. The summed E-state index contributed by atoms with van der Waals surface area (Å²) in [6.07, 6.45) is 0. The summed E-state index contributed by atoms with van der Waals surface area (Å²) in [6, 6.07) is 25.0. The summed E-state index contributed by atoms with van der Waals surface area (Å²) < 4.78 is 6.72. The number of hydrogen-bond acceptors (Lipinski definition) is 5. The highest BCUT2D eigenvalue weighted by Crippen LogP contribution is 2.30. The molecule has 0 unspecified atom stereocenters. The average Bonchev–Trinajstić information content (AvgIpc) is 3.38. The molecule has 0 aliphatic heterocycles. The van der Waals surface area contributed by atoms with Gasteiger partial charge in [0, 0.05) is 16.6 Å². The second kappa shape index (κ2) is 7.70. The smallest absolute Gasteiger partial charge is 0.293 e. The maximum Gasteiger partial charge on any atom is 0.293 e. The molecule has 2 heterocycles. The van der Waals surface area contributed by atoms with E-state index in [-0.39, 0.29) is 10.9 Å². The standard InChI is InChI=1S/C23H15N3O2S2/c27-21(19-13-15-5-1-3-7-18(15)28-19)26-23(29)24-16-11-9-14(10-12-16)22-25-17-6-2-4-8-20(17)30-22/h1-13H,(H2,24,26,27,29). The first-order chi connectivity index (χ1) is 14.7. The van der Waals surface area contributed by atoms with Crippen LogP contribution >= 0.6 is 23.6 Å². The number of nitrogens with zero attached hydrogens (tertiary/aromatic N) is 1. The third-order valence-electron chi connectivity index (χ3n) is 4.56. The quantitative estimate of drug-likeness (QED) is 0.353. The number of carbonyl (C=O) groups excluding carboxylic acids is 1. The van der Waals surface area contributed by atoms with E-state index in [1.807, 2.05) is 66.7 Å². The van der Waals surface area contributed by atoms with Crippen molar-refractivity contribution in [1.29, 1.82) is 0 Å². The number of para-hydroxylation sites is 2. The van der Waals surface area contributed by atoms with Crippen molar-refractivity contribution in [3.63, 3.8) is 0 Å². The van der Waals surface area contributed by atoms with Crippen LogP contribution < -0.4 is 10.6 Å². The first kappa shape index (κ1) is 18.5. The highest BCUT2D eigenvalue weighted by molar-refractivity contribution is 7.80. The molecule has 0 aliphatic rings. The number of thiazole rings is 1. The molecule has 5 nitrogen and oxygen atoms in total. The molecular weight excluding hydrogens is 414 g/mol. The molecule has 2 N–H and O–H groups in total. The molecule has 2 aromatic heterocycles. The Morgan fingerprint density at radius 2 is 1.73 bits per heavy atom. The predicted molar refractivity (Wildman–Crippen MR) is 125 cm³/mol. The number of amides is 1. The monoisotopic (exact) mass is 429 g/mol. The van der Waals surface area contributed by atoms with Gasteiger partial charge in [-0.05, 0) is 60.7 Å². The summed E-state index contributed by atoms with van der Waals surface area (Å²) in [5.41, 5.74) is 3.45. The van der Waals surface area contributed by atoms with Gasteiger partial charge in [0.05, 0.1) is 10.2 Å². The van der Waals surface area contributed by atoms with Crippen molar-refractivity contribution in [2.45, 2.75) is 0 Å². The van der Waals surface area contributed by atoms with E-state index in [1.54, 1.807) is 17.4 Å². The molecule has 0 aliphatic carbocycles. The Balaban J connectivity index is 1.26. The van der Waals surface area contributed by atoms with E-state index in [0.29, 0.717) is 5.58 Å². The molecule has 3 aromatic carbocycles. The number of rotatable bonds is 3. The third-order valence-corrected chi connectivity index (χ3v) is 5.85. The Hall–Kier alpha value is -3.55. The summed E-state index contributed by atoms with van der Waals surface area (Å²) in [5.74, 6) is -0.179. The number of anilines is 1. The van der Waals surface area contributed by atoms with Gasteiger partial charge in [-0.2, -0.15) is 0 Å². The summed E-state index contributed by atoms with van der Waals surface area (Å²) >= 11 is 6.92. The van der Waals surface area contributed by atoms with E-state index < -0.39 is 5.91 Å². The van der Waals surface area contributed by atoms with Crippen molar-refractivity contribution in [2.75, 3.05) is 5.32 Å². The fraction of sp³-hybridized carbons (Fsp3) is 0. The summed E-state index contributed by atoms with van der Waals surface area (Å²) in [4.78, 5) is 17.1. The van der Waals surface area contributed by atoms with Gasteiger partial charge in [0.15, 0.2) is 10.9 Å². The van der Waals surface area contributed by atoms with E-state index in [4.69, 9.17) is 16.6 Å². The van der Waals surface area contributed by atoms with Crippen LogP contribution in [0.4, 0.5) is 5.69 Å². The first-order valence-corrected chi connectivity index (χ1v) is 10.5. The van der Waals surface area contributed by atoms with Gasteiger partial charge < -0.3 is 9.73 Å². The number of fused-ring (bicyclic) bond motifs is 2. The lowest BCUT2D eigenvalue weighted by molar-refractivity contribution is 0.0953. The topological polar surface area (TPSA) is 67.2 Å². The zero-order valence-electron chi connectivity index (χ0n) is 15.6. The van der Waals surface area contributed by atoms with Crippen LogP contribution in [-0.4, -0.2) is 16.0 Å². The van der Waals surface area contributed by atoms with Gasteiger partial charge in [-0.1, -0.05) is 30.3 Å². The number of nitrogens with one attached hydrogen (secondary N) is 2. The summed E-state index contributed by atoms with van der Waals surface area (Å²) in [7, 11) is 0. The van der Waals surface area contributed by atoms with Crippen LogP contribution in [0.1, 0.15) is 10.6 Å². The molecular formula is C23H15N3O2S2. The fourth-order valence-electron chi connectivity index (χ4n) is 3.11. The third kappa shape index (κ3) is 3.68. The van der Waals surface area contributed by atoms with E-state index in [2.05, 4.69) is 21.7 Å². The SMILES string of the molecule is O=C(NC(=S)Nc1ccc(-c2nc3ccccc3s2)cc1)c1cc2ccccc2o1. The van der Waals surface area contributed by atoms with Gasteiger partial charge in [-0.25, -0.2) is 4.98 Å². The number of furan rings is 1. The van der Waals surface area contributed by atoms with Crippen molar-refractivity contribution in [3.8, 4) is 10.6 Å². The van der Waals surface area contributed by atoms with Crippen LogP contribution in [0, 0.1) is 0 Å². The predicted octanol–water partition coefficient (Wildman–Crippen LogP) is 5.84. The lowest BCUT2D eigenvalue weighted by atomic mass is 10.2. The Morgan fingerprint density at radius 3 is 2.53 bits per heavy atom. The fourth-order valence-corrected chi connectivity index (χ4v) is 4.29. The van der Waals surface area contributed by atoms with Crippen molar-refractivity contribution in [1.82, 2.24) is 10.3 Å². The van der Waals surface area contributed by atoms with Crippen LogP contribution in [0.3, 0.4) is 0 Å². The molecule has 0 saturated heterocycles. The molecule has 5 aromatic rings. The Morgan fingerprint density at radius 1 is 0.967 bits per heavy atom. The molecule has 0 spiro atoms. The maximum absolute atomic E-state index is 12.4. The van der Waals surface area contributed by atoms with E-state index in [9.17, 15) is 4.79 Å². The second-order valence-corrected chi connectivity index (χ2v) is 8.06. The lowest BCUT2D eigenvalue weighted by Gasteiger charge is -2.09. The van der Waals surface area contributed by atoms with E-state index in [1.165, 1.54) is 0 Å². The van der Waals surface area contributed by atoms with Crippen molar-refractivity contribution in [3.05, 3.63) is 84.6 Å². The van der Waals surface area contributed by atoms with Crippen LogP contribution in [0.5, 0.6) is 0 Å². The number of carbonyl (C=O) groups is 1. The van der Waals surface area contributed by atoms with Crippen LogP contribution in [0.25, 0.3) is 31.8 Å². The second-order valence-electron chi connectivity index (χ2n) is 6.62. The van der Waals surface area contributed by atoms with Gasteiger partial charge in [0.25, 0.3) is 5.91 Å². The van der Waals surface area contributed by atoms with Crippen molar-refractivity contribution in [2.24, 2.45) is 0 Å². The number of aromatic nitrogens is 1. The minimum atomic E-state index is -0.394. The van der Waals surface area contributed by atoms with E-state index >= 15 is 0 Å². The normalized spacial score (nSPS) is 10.9. The van der Waals surface area contributed by atoms with Crippen LogP contribution in [-0.2, 0) is 0 Å². The van der Waals surface area contributed by atoms with Crippen molar-refractivity contribution >= 4 is 61.4 Å². The lowest BCUT2D eigenvalue weighted by Crippen LogP contribution is -2.33. The zero-order chi connectivity index (χ0) is 20.5. The highest BCUT2D eigenvalue weighted by atomic mass is 32.1. The maximum atomic E-state index is 12.4. The molecule has 5 rings (SSSR count). The summed E-state index contributed by atoms with van der Waals surface area (Å²) in [5, 5.41) is 7.70. The average molecular weight is 430 g/mol. The minimum absolute atomic E-state index is 0.202. The molecule has 30 heavy (non-hydrogen) atoms. The van der Waals surface area contributed by atoms with Crippen molar-refractivity contribution < 1.29 is 9.21 Å². The molecule has 1 amide bonds. The minimum Gasteiger partial charge on any atom is -0.451 e. The van der Waals surface area contributed by atoms with E-state index in [0.717, 1.165) is 31.9 Å². The van der Waals surface area contributed by atoms with Gasteiger partial charge >= 0.3 is 0 Å². The zero-order valence-corrected chi connectivity index (χ0v) is 17.2. The molecule has 0 bridgehead atoms. The molecule has 146 valence electrons. The molecule has 0 atom stereocenters. The Bertz CT molecular complexity index is 1320. The van der Waals surface area contributed by atoms with Gasteiger partial charge in [-0.15, -0.1) is 11.3 Å². The first-order valence-electron chi connectivity index (χ1n) is 9.23. The Kier molecular flexibility index (Phi) is 4.74. The molecule has 0 fully saturated rings. The van der Waals surface area contributed by atoms with Crippen LogP contribution in [0.2, 0.25) is 0 Å². The molecule has 0 saturated carbocycles. The molecule has 7 heteroatoms. The summed E-state index contributed by atoms with van der Waals surface area (Å²) in [6.45, 7) is 0.